The van der Waals surface area contributed by atoms with Gasteiger partial charge in [0.2, 0.25) is 0 Å². The standard InChI is InChI=1S/C16H16BrN3O3/c1-22-15-8-11(9-19-18)2-7-14(15)23-10-16(21)20-13-5-3-12(17)4-6-13/h2-9H,10,18H2,1H3,(H,20,21)/b19-9-. The van der Waals surface area contributed by atoms with Gasteiger partial charge in [0.15, 0.2) is 18.1 Å². The van der Waals surface area contributed by atoms with Crippen molar-refractivity contribution in [2.45, 2.75) is 0 Å². The van der Waals surface area contributed by atoms with Crippen LogP contribution in [0.3, 0.4) is 0 Å². The number of ether oxygens (including phenoxy) is 2. The van der Waals surface area contributed by atoms with Gasteiger partial charge in [0, 0.05) is 10.2 Å². The molecule has 0 spiro atoms. The van der Waals surface area contributed by atoms with Gasteiger partial charge in [-0.15, -0.1) is 0 Å². The molecule has 0 aliphatic carbocycles. The summed E-state index contributed by atoms with van der Waals surface area (Å²) in [6.07, 6.45) is 1.49. The number of amides is 1. The molecule has 0 unspecified atom stereocenters. The minimum Gasteiger partial charge on any atom is -0.493 e. The number of nitrogens with one attached hydrogen (secondary N) is 1. The highest BCUT2D eigenvalue weighted by atomic mass is 79.9. The number of hydrogen-bond acceptors (Lipinski definition) is 5. The maximum Gasteiger partial charge on any atom is 0.262 e. The van der Waals surface area contributed by atoms with Crippen molar-refractivity contribution in [3.8, 4) is 11.5 Å². The van der Waals surface area contributed by atoms with Gasteiger partial charge in [0.1, 0.15) is 0 Å². The smallest absolute Gasteiger partial charge is 0.262 e. The van der Waals surface area contributed by atoms with Gasteiger partial charge in [0.05, 0.1) is 13.3 Å². The molecule has 0 radical (unpaired) electrons. The molecule has 2 rings (SSSR count). The van der Waals surface area contributed by atoms with Gasteiger partial charge in [-0.3, -0.25) is 4.79 Å². The number of hydrogen-bond donors (Lipinski definition) is 2. The molecule has 6 nitrogen and oxygen atoms in total. The predicted molar refractivity (Wildman–Crippen MR) is 93.0 cm³/mol. The number of carbonyl (C=O) groups is 1. The van der Waals surface area contributed by atoms with Gasteiger partial charge >= 0.3 is 0 Å². The van der Waals surface area contributed by atoms with Crippen molar-refractivity contribution in [1.82, 2.24) is 0 Å². The fourth-order valence-corrected chi connectivity index (χ4v) is 2.11. The summed E-state index contributed by atoms with van der Waals surface area (Å²) in [6, 6.07) is 12.5. The summed E-state index contributed by atoms with van der Waals surface area (Å²) in [5.74, 6) is 5.81. The van der Waals surface area contributed by atoms with Crippen LogP contribution in [0.4, 0.5) is 5.69 Å². The molecule has 3 N–H and O–H groups in total. The van der Waals surface area contributed by atoms with Gasteiger partial charge < -0.3 is 20.6 Å². The largest absolute Gasteiger partial charge is 0.493 e. The first kappa shape index (κ1) is 16.8. The normalized spacial score (nSPS) is 10.5. The number of methoxy groups -OCH3 is 1. The molecule has 0 saturated heterocycles. The van der Waals surface area contributed by atoms with Crippen molar-refractivity contribution >= 4 is 33.7 Å². The molecular formula is C16H16BrN3O3. The van der Waals surface area contributed by atoms with Crippen LogP contribution >= 0.6 is 15.9 Å². The van der Waals surface area contributed by atoms with Gasteiger partial charge in [0.25, 0.3) is 5.91 Å². The Kier molecular flexibility index (Phi) is 5.99. The Balaban J connectivity index is 1.97. The maximum absolute atomic E-state index is 11.9. The summed E-state index contributed by atoms with van der Waals surface area (Å²) >= 11 is 3.34. The van der Waals surface area contributed by atoms with E-state index in [0.717, 1.165) is 10.0 Å². The Hall–Kier alpha value is -2.54. The second-order valence-corrected chi connectivity index (χ2v) is 5.45. The molecule has 2 aromatic rings. The lowest BCUT2D eigenvalue weighted by Crippen LogP contribution is -2.20. The van der Waals surface area contributed by atoms with E-state index in [0.29, 0.717) is 17.2 Å². The first-order chi connectivity index (χ1) is 11.1. The molecule has 0 atom stereocenters. The Morgan fingerprint density at radius 3 is 2.65 bits per heavy atom. The van der Waals surface area contributed by atoms with E-state index in [4.69, 9.17) is 15.3 Å². The molecule has 0 fully saturated rings. The third-order valence-electron chi connectivity index (χ3n) is 2.90. The third kappa shape index (κ3) is 5.00. The second-order valence-electron chi connectivity index (χ2n) is 4.53. The SMILES string of the molecule is COc1cc(/C=N\N)ccc1OCC(=O)Nc1ccc(Br)cc1. The lowest BCUT2D eigenvalue weighted by Gasteiger charge is -2.11. The van der Waals surface area contributed by atoms with Crippen molar-refractivity contribution in [3.05, 3.63) is 52.5 Å². The fraction of sp³-hybridized carbons (Fsp3) is 0.125. The Morgan fingerprint density at radius 2 is 2.00 bits per heavy atom. The van der Waals surface area contributed by atoms with E-state index < -0.39 is 0 Å². The molecule has 0 aliphatic rings. The number of halogens is 1. The van der Waals surface area contributed by atoms with Gasteiger partial charge in [-0.05, 0) is 48.0 Å². The third-order valence-corrected chi connectivity index (χ3v) is 3.43. The summed E-state index contributed by atoms with van der Waals surface area (Å²) in [5.41, 5.74) is 1.47. The zero-order valence-corrected chi connectivity index (χ0v) is 14.0. The van der Waals surface area contributed by atoms with Crippen molar-refractivity contribution in [2.24, 2.45) is 10.9 Å². The molecule has 0 bridgehead atoms. The minimum absolute atomic E-state index is 0.128. The average Bonchev–Trinajstić information content (AvgIpc) is 2.56. The number of hydrazone groups is 1. The van der Waals surface area contributed by atoms with Crippen LogP contribution in [-0.2, 0) is 4.79 Å². The van der Waals surface area contributed by atoms with Gasteiger partial charge in [-0.2, -0.15) is 5.10 Å². The molecule has 0 heterocycles. The van der Waals surface area contributed by atoms with E-state index in [2.05, 4.69) is 26.3 Å². The number of benzene rings is 2. The van der Waals surface area contributed by atoms with E-state index in [-0.39, 0.29) is 12.5 Å². The van der Waals surface area contributed by atoms with E-state index in [1.54, 1.807) is 30.3 Å². The minimum atomic E-state index is -0.262. The molecule has 23 heavy (non-hydrogen) atoms. The molecule has 1 amide bonds. The average molecular weight is 378 g/mol. The van der Waals surface area contributed by atoms with E-state index in [1.165, 1.54) is 13.3 Å². The first-order valence-corrected chi connectivity index (χ1v) is 7.51. The first-order valence-electron chi connectivity index (χ1n) is 6.72. The quantitative estimate of drug-likeness (QED) is 0.460. The summed E-state index contributed by atoms with van der Waals surface area (Å²) < 4.78 is 11.7. The maximum atomic E-state index is 11.9. The molecule has 120 valence electrons. The summed E-state index contributed by atoms with van der Waals surface area (Å²) in [5, 5.41) is 6.19. The number of anilines is 1. The van der Waals surface area contributed by atoms with Crippen LogP contribution in [0.25, 0.3) is 0 Å². The highest BCUT2D eigenvalue weighted by Gasteiger charge is 2.08. The van der Waals surface area contributed by atoms with Crippen LogP contribution in [0, 0.1) is 0 Å². The highest BCUT2D eigenvalue weighted by molar-refractivity contribution is 9.10. The lowest BCUT2D eigenvalue weighted by molar-refractivity contribution is -0.118. The van der Waals surface area contributed by atoms with E-state index in [1.807, 2.05) is 12.1 Å². The Labute approximate surface area is 142 Å². The van der Waals surface area contributed by atoms with Crippen molar-refractivity contribution in [2.75, 3.05) is 19.0 Å². The molecule has 7 heteroatoms. The van der Waals surface area contributed by atoms with Crippen molar-refractivity contribution in [3.63, 3.8) is 0 Å². The van der Waals surface area contributed by atoms with Crippen LogP contribution in [0.1, 0.15) is 5.56 Å². The summed E-state index contributed by atoms with van der Waals surface area (Å²) in [6.45, 7) is -0.128. The highest BCUT2D eigenvalue weighted by Crippen LogP contribution is 2.27. The van der Waals surface area contributed by atoms with E-state index >= 15 is 0 Å². The zero-order valence-electron chi connectivity index (χ0n) is 12.5. The molecule has 0 aliphatic heterocycles. The van der Waals surface area contributed by atoms with Crippen molar-refractivity contribution < 1.29 is 14.3 Å². The van der Waals surface area contributed by atoms with Gasteiger partial charge in [-0.1, -0.05) is 15.9 Å². The van der Waals surface area contributed by atoms with Crippen LogP contribution in [-0.4, -0.2) is 25.8 Å². The van der Waals surface area contributed by atoms with Crippen LogP contribution in [0.5, 0.6) is 11.5 Å². The fourth-order valence-electron chi connectivity index (χ4n) is 1.84. The van der Waals surface area contributed by atoms with Crippen LogP contribution in [0.2, 0.25) is 0 Å². The summed E-state index contributed by atoms with van der Waals surface area (Å²) in [4.78, 5) is 11.9. The number of carbonyl (C=O) groups excluding carboxylic acids is 1. The Bertz CT molecular complexity index is 702. The molecule has 0 saturated carbocycles. The van der Waals surface area contributed by atoms with Crippen LogP contribution < -0.4 is 20.6 Å². The van der Waals surface area contributed by atoms with Crippen molar-refractivity contribution in [1.29, 1.82) is 0 Å². The van der Waals surface area contributed by atoms with Crippen LogP contribution in [0.15, 0.2) is 52.0 Å². The van der Waals surface area contributed by atoms with E-state index in [9.17, 15) is 4.79 Å². The number of nitrogens with two attached hydrogens (primary N) is 1. The second kappa shape index (κ2) is 8.19. The Morgan fingerprint density at radius 1 is 1.26 bits per heavy atom. The monoisotopic (exact) mass is 377 g/mol. The molecule has 0 aromatic heterocycles. The summed E-state index contributed by atoms with van der Waals surface area (Å²) in [7, 11) is 1.52. The number of nitrogens with zero attached hydrogens (tertiary/aromatic N) is 1. The topological polar surface area (TPSA) is 85.9 Å². The molecular weight excluding hydrogens is 362 g/mol. The zero-order chi connectivity index (χ0) is 16.7. The molecule has 2 aromatic carbocycles. The van der Waals surface area contributed by atoms with Gasteiger partial charge in [-0.25, -0.2) is 0 Å². The number of rotatable bonds is 6. The predicted octanol–water partition coefficient (Wildman–Crippen LogP) is 2.77. The lowest BCUT2D eigenvalue weighted by atomic mass is 10.2.